The van der Waals surface area contributed by atoms with Crippen LogP contribution < -0.4 is 0 Å². The molecule has 0 atom stereocenters. The number of carbonyl (C=O) groups excluding carboxylic acids is 1. The van der Waals surface area contributed by atoms with Gasteiger partial charge in [0.1, 0.15) is 0 Å². The molecular formula is C16H28O2. The van der Waals surface area contributed by atoms with Gasteiger partial charge < -0.3 is 4.74 Å². The zero-order valence-corrected chi connectivity index (χ0v) is 12.1. The minimum absolute atomic E-state index is 0.0897. The molecule has 0 aromatic rings. The summed E-state index contributed by atoms with van der Waals surface area (Å²) in [6.45, 7) is 4.71. The van der Waals surface area contributed by atoms with E-state index in [0.717, 1.165) is 19.3 Å². The van der Waals surface area contributed by atoms with Gasteiger partial charge in [-0.15, -0.1) is 0 Å². The molecule has 2 bridgehead atoms. The molecule has 2 nitrogen and oxygen atoms in total. The van der Waals surface area contributed by atoms with E-state index in [1.54, 1.807) is 0 Å². The molecule has 0 heterocycles. The molecule has 18 heavy (non-hydrogen) atoms. The zero-order chi connectivity index (χ0) is 13.1. The van der Waals surface area contributed by atoms with Crippen LogP contribution in [0.5, 0.6) is 0 Å². The normalized spacial score (nSPS) is 34.6. The SMILES string of the molecule is CCCCCC12CCC(C(=O)OCC)(CC1)CC2. The van der Waals surface area contributed by atoms with Gasteiger partial charge in [0.2, 0.25) is 0 Å². The van der Waals surface area contributed by atoms with Crippen LogP contribution in [-0.4, -0.2) is 12.6 Å². The van der Waals surface area contributed by atoms with Gasteiger partial charge in [0.05, 0.1) is 12.0 Å². The Morgan fingerprint density at radius 3 is 2.11 bits per heavy atom. The van der Waals surface area contributed by atoms with E-state index < -0.39 is 0 Å². The lowest BCUT2D eigenvalue weighted by Crippen LogP contribution is -2.46. The molecule has 2 heteroatoms. The molecule has 3 aliphatic carbocycles. The average Bonchev–Trinajstić information content (AvgIpc) is 2.41. The summed E-state index contributed by atoms with van der Waals surface area (Å²) in [5, 5.41) is 0. The van der Waals surface area contributed by atoms with E-state index in [1.807, 2.05) is 6.92 Å². The highest BCUT2D eigenvalue weighted by atomic mass is 16.5. The van der Waals surface area contributed by atoms with Gasteiger partial charge in [-0.1, -0.05) is 26.2 Å². The summed E-state index contributed by atoms with van der Waals surface area (Å²) < 4.78 is 5.29. The maximum absolute atomic E-state index is 12.1. The molecule has 0 aromatic heterocycles. The molecule has 0 N–H and O–H groups in total. The lowest BCUT2D eigenvalue weighted by molar-refractivity contribution is -0.165. The van der Waals surface area contributed by atoms with Crippen molar-refractivity contribution in [2.75, 3.05) is 6.61 Å². The van der Waals surface area contributed by atoms with Crippen molar-refractivity contribution < 1.29 is 9.53 Å². The van der Waals surface area contributed by atoms with Crippen LogP contribution in [0.3, 0.4) is 0 Å². The predicted octanol–water partition coefficient (Wildman–Crippen LogP) is 4.47. The number of rotatable bonds is 6. The molecule has 3 rings (SSSR count). The highest BCUT2D eigenvalue weighted by Crippen LogP contribution is 2.59. The van der Waals surface area contributed by atoms with Crippen molar-refractivity contribution in [3.8, 4) is 0 Å². The van der Waals surface area contributed by atoms with Crippen molar-refractivity contribution in [1.82, 2.24) is 0 Å². The number of esters is 1. The maximum atomic E-state index is 12.1. The first-order valence-electron chi connectivity index (χ1n) is 7.84. The molecule has 0 saturated heterocycles. The van der Waals surface area contributed by atoms with Crippen molar-refractivity contribution in [1.29, 1.82) is 0 Å². The van der Waals surface area contributed by atoms with Gasteiger partial charge in [-0.2, -0.15) is 0 Å². The minimum atomic E-state index is -0.0947. The van der Waals surface area contributed by atoms with Crippen LogP contribution in [-0.2, 0) is 9.53 Å². The summed E-state index contributed by atoms with van der Waals surface area (Å²) in [6.07, 6.45) is 12.5. The molecule has 0 aliphatic heterocycles. The van der Waals surface area contributed by atoms with Crippen LogP contribution in [0.15, 0.2) is 0 Å². The van der Waals surface area contributed by atoms with Crippen LogP contribution in [0, 0.1) is 10.8 Å². The molecule has 0 unspecified atom stereocenters. The van der Waals surface area contributed by atoms with E-state index in [0.29, 0.717) is 12.0 Å². The van der Waals surface area contributed by atoms with Crippen molar-refractivity contribution >= 4 is 5.97 Å². The van der Waals surface area contributed by atoms with Crippen LogP contribution in [0.25, 0.3) is 0 Å². The maximum Gasteiger partial charge on any atom is 0.312 e. The second-order valence-corrected chi connectivity index (χ2v) is 6.46. The van der Waals surface area contributed by atoms with Gasteiger partial charge in [0.15, 0.2) is 0 Å². The molecule has 0 spiro atoms. The fourth-order valence-electron chi connectivity index (χ4n) is 3.98. The first-order chi connectivity index (χ1) is 8.66. The third kappa shape index (κ3) is 2.57. The Kier molecular flexibility index (Phi) is 4.34. The Balaban J connectivity index is 1.91. The number of hydrogen-bond donors (Lipinski definition) is 0. The van der Waals surface area contributed by atoms with Gasteiger partial charge in [-0.25, -0.2) is 0 Å². The molecule has 3 aliphatic rings. The Bertz CT molecular complexity index is 271. The third-order valence-electron chi connectivity index (χ3n) is 5.42. The first-order valence-corrected chi connectivity index (χ1v) is 7.84. The second-order valence-electron chi connectivity index (χ2n) is 6.46. The van der Waals surface area contributed by atoms with Crippen LogP contribution in [0.4, 0.5) is 0 Å². The summed E-state index contributed by atoms with van der Waals surface area (Å²) in [5.74, 6) is 0.0897. The van der Waals surface area contributed by atoms with Crippen molar-refractivity contribution in [3.05, 3.63) is 0 Å². The second kappa shape index (κ2) is 5.63. The summed E-state index contributed by atoms with van der Waals surface area (Å²) >= 11 is 0. The Labute approximate surface area is 111 Å². The van der Waals surface area contributed by atoms with Crippen molar-refractivity contribution in [3.63, 3.8) is 0 Å². The van der Waals surface area contributed by atoms with E-state index in [1.165, 1.54) is 44.9 Å². The van der Waals surface area contributed by atoms with Crippen LogP contribution in [0.2, 0.25) is 0 Å². The standard InChI is InChI=1S/C16H28O2/c1-3-5-6-7-15-8-11-16(12-9-15,13-10-15)14(17)18-4-2/h3-13H2,1-2H3. The summed E-state index contributed by atoms with van der Waals surface area (Å²) in [6, 6.07) is 0. The van der Waals surface area contributed by atoms with Gasteiger partial charge in [0.25, 0.3) is 0 Å². The zero-order valence-electron chi connectivity index (χ0n) is 12.1. The lowest BCUT2D eigenvalue weighted by Gasteiger charge is -2.52. The molecule has 104 valence electrons. The molecular weight excluding hydrogens is 224 g/mol. The Hall–Kier alpha value is -0.530. The first kappa shape index (κ1) is 13.9. The topological polar surface area (TPSA) is 26.3 Å². The van der Waals surface area contributed by atoms with Crippen molar-refractivity contribution in [2.24, 2.45) is 10.8 Å². The van der Waals surface area contributed by atoms with Gasteiger partial charge >= 0.3 is 5.97 Å². The van der Waals surface area contributed by atoms with E-state index >= 15 is 0 Å². The summed E-state index contributed by atoms with van der Waals surface area (Å²) in [4.78, 5) is 12.1. The molecule has 0 amide bonds. The quantitative estimate of drug-likeness (QED) is 0.515. The number of fused-ring (bicyclic) bond motifs is 3. The monoisotopic (exact) mass is 252 g/mol. The fourth-order valence-corrected chi connectivity index (χ4v) is 3.98. The Morgan fingerprint density at radius 1 is 1.00 bits per heavy atom. The minimum Gasteiger partial charge on any atom is -0.466 e. The van der Waals surface area contributed by atoms with E-state index in [-0.39, 0.29) is 11.4 Å². The van der Waals surface area contributed by atoms with Gasteiger partial charge in [0, 0.05) is 0 Å². The largest absolute Gasteiger partial charge is 0.466 e. The molecule has 0 aromatic carbocycles. The molecule has 3 saturated carbocycles. The average molecular weight is 252 g/mol. The summed E-state index contributed by atoms with van der Waals surface area (Å²) in [7, 11) is 0. The highest BCUT2D eigenvalue weighted by Gasteiger charge is 2.52. The van der Waals surface area contributed by atoms with Gasteiger partial charge in [-0.05, 0) is 57.3 Å². The van der Waals surface area contributed by atoms with E-state index in [2.05, 4.69) is 6.92 Å². The predicted molar refractivity (Wildman–Crippen MR) is 73.3 cm³/mol. The number of hydrogen-bond acceptors (Lipinski definition) is 2. The van der Waals surface area contributed by atoms with Crippen LogP contribution in [0.1, 0.15) is 78.1 Å². The molecule has 3 fully saturated rings. The Morgan fingerprint density at radius 2 is 1.61 bits per heavy atom. The van der Waals surface area contributed by atoms with Gasteiger partial charge in [-0.3, -0.25) is 4.79 Å². The van der Waals surface area contributed by atoms with E-state index in [4.69, 9.17) is 4.74 Å². The number of ether oxygens (including phenoxy) is 1. The number of unbranched alkanes of at least 4 members (excludes halogenated alkanes) is 2. The smallest absolute Gasteiger partial charge is 0.312 e. The highest BCUT2D eigenvalue weighted by molar-refractivity contribution is 5.77. The molecule has 0 radical (unpaired) electrons. The fraction of sp³-hybridized carbons (Fsp3) is 0.938. The van der Waals surface area contributed by atoms with Crippen LogP contribution >= 0.6 is 0 Å². The lowest BCUT2D eigenvalue weighted by atomic mass is 9.52. The third-order valence-corrected chi connectivity index (χ3v) is 5.42. The summed E-state index contributed by atoms with van der Waals surface area (Å²) in [5.41, 5.74) is 0.492. The van der Waals surface area contributed by atoms with Crippen molar-refractivity contribution in [2.45, 2.75) is 78.1 Å². The number of carbonyl (C=O) groups is 1. The van der Waals surface area contributed by atoms with E-state index in [9.17, 15) is 4.79 Å².